The zero-order chi connectivity index (χ0) is 28.8. The van der Waals surface area contributed by atoms with Crippen LogP contribution in [0.2, 0.25) is 0 Å². The molecule has 0 fully saturated rings. The largest absolute Gasteiger partial charge is 0.488 e. The predicted octanol–water partition coefficient (Wildman–Crippen LogP) is 7.18. The smallest absolute Gasteiger partial charge is 0.338 e. The molecule has 0 saturated carbocycles. The van der Waals surface area contributed by atoms with E-state index in [1.807, 2.05) is 30.3 Å². The molecule has 0 spiro atoms. The van der Waals surface area contributed by atoms with Crippen LogP contribution in [0.5, 0.6) is 5.75 Å². The molecule has 0 bridgehead atoms. The molecule has 7 heteroatoms. The van der Waals surface area contributed by atoms with Crippen molar-refractivity contribution in [2.75, 3.05) is 6.61 Å². The first kappa shape index (κ1) is 28.3. The highest BCUT2D eigenvalue weighted by Crippen LogP contribution is 2.51. The molecule has 2 aromatic carbocycles. The summed E-state index contributed by atoms with van der Waals surface area (Å²) in [6.07, 6.45) is 2.47. The number of carbonyl (C=O) groups excluding carboxylic acids is 3. The van der Waals surface area contributed by atoms with E-state index >= 15 is 0 Å². The molecular formula is C33H36BrNO5. The third-order valence-corrected chi connectivity index (χ3v) is 8.49. The monoisotopic (exact) mass is 605 g/mol. The van der Waals surface area contributed by atoms with Gasteiger partial charge in [0.05, 0.1) is 16.6 Å². The Morgan fingerprint density at radius 3 is 2.00 bits per heavy atom. The number of hydrogen-bond acceptors (Lipinski definition) is 6. The Bertz CT molecular complexity index is 1400. The molecule has 210 valence electrons. The molecule has 3 aliphatic rings. The molecule has 0 amide bonds. The maximum Gasteiger partial charge on any atom is 0.338 e. The van der Waals surface area contributed by atoms with Crippen LogP contribution < -0.4 is 10.1 Å². The highest BCUT2D eigenvalue weighted by atomic mass is 79.9. The highest BCUT2D eigenvalue weighted by molar-refractivity contribution is 9.10. The molecule has 1 aliphatic heterocycles. The van der Waals surface area contributed by atoms with Gasteiger partial charge in [-0.25, -0.2) is 4.79 Å². The number of ketones is 2. The number of hydrogen-bond donors (Lipinski definition) is 1. The van der Waals surface area contributed by atoms with Gasteiger partial charge < -0.3 is 14.8 Å². The van der Waals surface area contributed by atoms with Gasteiger partial charge in [0.2, 0.25) is 0 Å². The molecule has 0 unspecified atom stereocenters. The number of allylic oxidation sites excluding steroid dienone is 4. The van der Waals surface area contributed by atoms with Gasteiger partial charge in [0.25, 0.3) is 0 Å². The summed E-state index contributed by atoms with van der Waals surface area (Å²) in [7, 11) is 0. The normalized spacial score (nSPS) is 20.1. The second-order valence-electron chi connectivity index (χ2n) is 12.6. The fourth-order valence-corrected chi connectivity index (χ4v) is 6.66. The van der Waals surface area contributed by atoms with Gasteiger partial charge in [-0.05, 0) is 81.9 Å². The lowest BCUT2D eigenvalue weighted by Gasteiger charge is -2.44. The summed E-state index contributed by atoms with van der Waals surface area (Å²) in [5.41, 5.74) is 5.43. The third kappa shape index (κ3) is 5.67. The second-order valence-corrected chi connectivity index (χ2v) is 13.5. The van der Waals surface area contributed by atoms with Crippen LogP contribution in [0.3, 0.4) is 0 Å². The molecule has 0 saturated heterocycles. The SMILES string of the molecule is CCOC(=O)c1ccc(COc2ccc(C3C4=C(CC(C)(C)CC4=O)NC4=C3C(=O)CC(C)(C)C4)cc2Br)cc1. The lowest BCUT2D eigenvalue weighted by atomic mass is 9.64. The average Bonchev–Trinajstić information content (AvgIpc) is 2.85. The molecule has 2 aromatic rings. The molecule has 0 aromatic heterocycles. The standard InChI is InChI=1S/C33H36BrNO5/c1-6-39-31(38)20-9-7-19(8-10-20)18-40-27-12-11-21(13-22(27)34)28-29-23(14-32(2,3)16-25(29)36)35-24-15-33(4,5)17-26(37)30(24)28/h7-13,28,35H,6,14-18H2,1-5H3. The number of Topliss-reactive ketones (excluding diaryl/α,β-unsaturated/α-hetero) is 2. The number of benzene rings is 2. The van der Waals surface area contributed by atoms with Gasteiger partial charge in [0, 0.05) is 41.3 Å². The zero-order valence-electron chi connectivity index (χ0n) is 23.8. The first-order valence-corrected chi connectivity index (χ1v) is 14.6. The Hall–Kier alpha value is -3.19. The molecule has 40 heavy (non-hydrogen) atoms. The van der Waals surface area contributed by atoms with Gasteiger partial charge in [-0.2, -0.15) is 0 Å². The van der Waals surface area contributed by atoms with Gasteiger partial charge in [-0.15, -0.1) is 0 Å². The van der Waals surface area contributed by atoms with E-state index in [-0.39, 0.29) is 34.3 Å². The van der Waals surface area contributed by atoms with Gasteiger partial charge in [0.15, 0.2) is 11.6 Å². The lowest BCUT2D eigenvalue weighted by molar-refractivity contribution is -0.119. The molecular weight excluding hydrogens is 570 g/mol. The van der Waals surface area contributed by atoms with Gasteiger partial charge in [0.1, 0.15) is 12.4 Å². The summed E-state index contributed by atoms with van der Waals surface area (Å²) in [4.78, 5) is 39.0. The van der Waals surface area contributed by atoms with Crippen molar-refractivity contribution in [1.82, 2.24) is 5.32 Å². The molecule has 0 atom stereocenters. The fourth-order valence-electron chi connectivity index (χ4n) is 6.15. The predicted molar refractivity (Wildman–Crippen MR) is 157 cm³/mol. The summed E-state index contributed by atoms with van der Waals surface area (Å²) in [5.74, 6) is 0.135. The van der Waals surface area contributed by atoms with Gasteiger partial charge in [-0.1, -0.05) is 45.9 Å². The Labute approximate surface area is 244 Å². The number of ether oxygens (including phenoxy) is 2. The van der Waals surface area contributed by atoms with Crippen LogP contribution in [0.15, 0.2) is 69.5 Å². The summed E-state index contributed by atoms with van der Waals surface area (Å²) in [5, 5.41) is 3.56. The molecule has 1 N–H and O–H groups in total. The Kier molecular flexibility index (Phi) is 7.55. The van der Waals surface area contributed by atoms with E-state index in [1.54, 1.807) is 19.1 Å². The van der Waals surface area contributed by atoms with E-state index in [9.17, 15) is 14.4 Å². The van der Waals surface area contributed by atoms with E-state index < -0.39 is 0 Å². The Morgan fingerprint density at radius 1 is 0.900 bits per heavy atom. The topological polar surface area (TPSA) is 81.7 Å². The third-order valence-electron chi connectivity index (χ3n) is 7.87. The maximum absolute atomic E-state index is 13.6. The quantitative estimate of drug-likeness (QED) is 0.351. The van der Waals surface area contributed by atoms with Crippen molar-refractivity contribution >= 4 is 33.5 Å². The summed E-state index contributed by atoms with van der Waals surface area (Å²) < 4.78 is 11.9. The van der Waals surface area contributed by atoms with Crippen molar-refractivity contribution < 1.29 is 23.9 Å². The van der Waals surface area contributed by atoms with Crippen LogP contribution in [0.4, 0.5) is 0 Å². The van der Waals surface area contributed by atoms with E-state index in [2.05, 4.69) is 48.9 Å². The number of nitrogens with one attached hydrogen (secondary N) is 1. The Balaban J connectivity index is 1.44. The van der Waals surface area contributed by atoms with Crippen LogP contribution in [-0.4, -0.2) is 24.1 Å². The van der Waals surface area contributed by atoms with Gasteiger partial charge >= 0.3 is 5.97 Å². The van der Waals surface area contributed by atoms with Crippen molar-refractivity contribution in [3.63, 3.8) is 0 Å². The molecule has 0 radical (unpaired) electrons. The summed E-state index contributed by atoms with van der Waals surface area (Å²) in [6, 6.07) is 13.0. The number of carbonyl (C=O) groups is 3. The summed E-state index contributed by atoms with van der Waals surface area (Å²) in [6.45, 7) is 10.9. The van der Waals surface area contributed by atoms with Crippen molar-refractivity contribution in [1.29, 1.82) is 0 Å². The maximum atomic E-state index is 13.6. The second kappa shape index (κ2) is 10.7. The molecule has 1 heterocycles. The van der Waals surface area contributed by atoms with Crippen LogP contribution in [-0.2, 0) is 20.9 Å². The van der Waals surface area contributed by atoms with Crippen molar-refractivity contribution in [2.45, 2.75) is 72.8 Å². The average molecular weight is 607 g/mol. The number of esters is 1. The minimum Gasteiger partial charge on any atom is -0.488 e. The van der Waals surface area contributed by atoms with E-state index in [0.29, 0.717) is 37.4 Å². The van der Waals surface area contributed by atoms with Crippen LogP contribution in [0.25, 0.3) is 0 Å². The van der Waals surface area contributed by atoms with Crippen molar-refractivity contribution in [2.24, 2.45) is 10.8 Å². The van der Waals surface area contributed by atoms with Crippen LogP contribution >= 0.6 is 15.9 Å². The van der Waals surface area contributed by atoms with Gasteiger partial charge in [-0.3, -0.25) is 9.59 Å². The molecule has 6 nitrogen and oxygen atoms in total. The zero-order valence-corrected chi connectivity index (χ0v) is 25.4. The van der Waals surface area contributed by atoms with Crippen LogP contribution in [0.1, 0.15) is 87.7 Å². The molecule has 5 rings (SSSR count). The van der Waals surface area contributed by atoms with E-state index in [1.165, 1.54) is 0 Å². The minimum absolute atomic E-state index is 0.107. The number of halogens is 1. The first-order chi connectivity index (χ1) is 18.9. The van der Waals surface area contributed by atoms with E-state index in [4.69, 9.17) is 9.47 Å². The van der Waals surface area contributed by atoms with Crippen LogP contribution in [0, 0.1) is 10.8 Å². The van der Waals surface area contributed by atoms with Crippen molar-refractivity contribution in [3.8, 4) is 5.75 Å². The van der Waals surface area contributed by atoms with Crippen molar-refractivity contribution in [3.05, 3.63) is 86.2 Å². The highest BCUT2D eigenvalue weighted by Gasteiger charge is 2.46. The Morgan fingerprint density at radius 2 is 1.48 bits per heavy atom. The first-order valence-electron chi connectivity index (χ1n) is 13.9. The lowest BCUT2D eigenvalue weighted by Crippen LogP contribution is -2.42. The fraction of sp³-hybridized carbons (Fsp3) is 0.424. The number of dihydropyridines is 1. The minimum atomic E-state index is -0.390. The number of rotatable bonds is 6. The van der Waals surface area contributed by atoms with E-state index in [0.717, 1.165) is 51.0 Å². The molecule has 2 aliphatic carbocycles. The summed E-state index contributed by atoms with van der Waals surface area (Å²) >= 11 is 3.67.